The second kappa shape index (κ2) is 6.63. The summed E-state index contributed by atoms with van der Waals surface area (Å²) in [6.07, 6.45) is 0. The highest BCUT2D eigenvalue weighted by atomic mass is 16.3. The number of anilines is 2. The average molecular weight is 351 g/mol. The van der Waals surface area contributed by atoms with E-state index in [-0.39, 0.29) is 11.8 Å². The number of amides is 2. The summed E-state index contributed by atoms with van der Waals surface area (Å²) in [6, 6.07) is 12.1. The number of hydrogen-bond acceptors (Lipinski definition) is 4. The Kier molecular flexibility index (Phi) is 4.50. The van der Waals surface area contributed by atoms with E-state index in [4.69, 9.17) is 4.42 Å². The van der Waals surface area contributed by atoms with E-state index in [1.165, 1.54) is 0 Å². The van der Waals surface area contributed by atoms with Crippen molar-refractivity contribution in [3.05, 3.63) is 53.9 Å². The van der Waals surface area contributed by atoms with Crippen LogP contribution in [-0.2, 0) is 4.79 Å². The molecule has 0 saturated heterocycles. The Morgan fingerprint density at radius 3 is 2.46 bits per heavy atom. The summed E-state index contributed by atoms with van der Waals surface area (Å²) in [5, 5.41) is 5.66. The molecule has 0 aliphatic carbocycles. The number of aryl methyl sites for hydroxylation is 1. The van der Waals surface area contributed by atoms with Gasteiger partial charge in [-0.25, -0.2) is 4.98 Å². The van der Waals surface area contributed by atoms with E-state index < -0.39 is 5.41 Å². The lowest BCUT2D eigenvalue weighted by Crippen LogP contribution is -2.27. The molecule has 0 fully saturated rings. The molecular weight excluding hydrogens is 330 g/mol. The van der Waals surface area contributed by atoms with Gasteiger partial charge in [-0.15, -0.1) is 0 Å². The first kappa shape index (κ1) is 17.7. The molecule has 6 nitrogen and oxygen atoms in total. The van der Waals surface area contributed by atoms with Crippen molar-refractivity contribution < 1.29 is 14.0 Å². The molecule has 2 amide bonds. The Labute approximate surface area is 151 Å². The van der Waals surface area contributed by atoms with E-state index in [9.17, 15) is 9.59 Å². The van der Waals surface area contributed by atoms with Crippen LogP contribution in [0.15, 0.2) is 46.9 Å². The largest absolute Gasteiger partial charge is 0.441 e. The third-order valence-corrected chi connectivity index (χ3v) is 3.82. The number of carbonyl (C=O) groups excluding carboxylic acids is 2. The Bertz CT molecular complexity index is 983. The van der Waals surface area contributed by atoms with Crippen LogP contribution in [0.4, 0.5) is 11.4 Å². The van der Waals surface area contributed by atoms with Gasteiger partial charge in [-0.3, -0.25) is 9.59 Å². The maximum absolute atomic E-state index is 12.5. The molecule has 0 saturated carbocycles. The first-order valence-electron chi connectivity index (χ1n) is 8.32. The number of hydrogen-bond donors (Lipinski definition) is 2. The molecule has 3 aromatic rings. The van der Waals surface area contributed by atoms with Crippen LogP contribution in [0, 0.1) is 12.3 Å². The number of benzene rings is 2. The molecular formula is C20H21N3O3. The monoisotopic (exact) mass is 351 g/mol. The number of fused-ring (bicyclic) bond motifs is 1. The topological polar surface area (TPSA) is 84.2 Å². The van der Waals surface area contributed by atoms with Gasteiger partial charge in [0, 0.05) is 29.3 Å². The van der Waals surface area contributed by atoms with Gasteiger partial charge in [-0.05, 0) is 36.4 Å². The Morgan fingerprint density at radius 1 is 1.00 bits per heavy atom. The Morgan fingerprint density at radius 2 is 1.73 bits per heavy atom. The molecule has 134 valence electrons. The van der Waals surface area contributed by atoms with Crippen LogP contribution in [0.3, 0.4) is 0 Å². The van der Waals surface area contributed by atoms with E-state index in [1.807, 2.05) is 20.8 Å². The Hall–Kier alpha value is -3.15. The number of aromatic nitrogens is 1. The van der Waals surface area contributed by atoms with Gasteiger partial charge in [0.15, 0.2) is 11.5 Å². The van der Waals surface area contributed by atoms with Crippen LogP contribution in [0.25, 0.3) is 11.1 Å². The zero-order valence-electron chi connectivity index (χ0n) is 15.2. The van der Waals surface area contributed by atoms with Crippen molar-refractivity contribution in [2.24, 2.45) is 5.41 Å². The van der Waals surface area contributed by atoms with Gasteiger partial charge >= 0.3 is 0 Å². The van der Waals surface area contributed by atoms with E-state index in [0.717, 1.165) is 0 Å². The van der Waals surface area contributed by atoms with Gasteiger partial charge in [0.05, 0.1) is 0 Å². The number of nitrogens with one attached hydrogen (secondary N) is 2. The van der Waals surface area contributed by atoms with Gasteiger partial charge in [0.2, 0.25) is 5.91 Å². The summed E-state index contributed by atoms with van der Waals surface area (Å²) < 4.78 is 5.43. The normalized spacial score (nSPS) is 11.4. The predicted molar refractivity (Wildman–Crippen MR) is 101 cm³/mol. The van der Waals surface area contributed by atoms with E-state index >= 15 is 0 Å². The van der Waals surface area contributed by atoms with Gasteiger partial charge in [0.1, 0.15) is 5.52 Å². The number of nitrogens with zero attached hydrogens (tertiary/aromatic N) is 1. The summed E-state index contributed by atoms with van der Waals surface area (Å²) in [6.45, 7) is 7.28. The molecule has 0 bridgehead atoms. The first-order chi connectivity index (χ1) is 12.2. The van der Waals surface area contributed by atoms with Crippen LogP contribution in [0.1, 0.15) is 37.0 Å². The van der Waals surface area contributed by atoms with Gasteiger partial charge < -0.3 is 15.1 Å². The average Bonchev–Trinajstić information content (AvgIpc) is 2.93. The predicted octanol–water partition coefficient (Wildman–Crippen LogP) is 4.37. The maximum atomic E-state index is 12.5. The third-order valence-electron chi connectivity index (χ3n) is 3.82. The lowest BCUT2D eigenvalue weighted by Gasteiger charge is -2.18. The number of carbonyl (C=O) groups is 2. The van der Waals surface area contributed by atoms with E-state index in [2.05, 4.69) is 15.6 Å². The highest BCUT2D eigenvalue weighted by Gasteiger charge is 2.21. The molecule has 2 aromatic carbocycles. The lowest BCUT2D eigenvalue weighted by molar-refractivity contribution is -0.123. The van der Waals surface area contributed by atoms with Gasteiger partial charge in [-0.1, -0.05) is 26.8 Å². The van der Waals surface area contributed by atoms with Gasteiger partial charge in [0.25, 0.3) is 5.91 Å². The summed E-state index contributed by atoms with van der Waals surface area (Å²) in [4.78, 5) is 28.9. The zero-order chi connectivity index (χ0) is 18.9. The van der Waals surface area contributed by atoms with Crippen molar-refractivity contribution in [2.75, 3.05) is 10.6 Å². The minimum Gasteiger partial charge on any atom is -0.441 e. The van der Waals surface area contributed by atoms with Crippen molar-refractivity contribution >= 4 is 34.3 Å². The maximum Gasteiger partial charge on any atom is 0.255 e. The standard InChI is InChI=1S/C20H21N3O3/c1-12-21-16-11-15(8-9-17(16)26-12)22-18(24)13-6-5-7-14(10-13)23-19(25)20(2,3)4/h5-11H,1-4H3,(H,22,24)(H,23,25). The summed E-state index contributed by atoms with van der Waals surface area (Å²) in [5.41, 5.74) is 2.51. The molecule has 0 spiro atoms. The second-order valence-electron chi connectivity index (χ2n) is 7.15. The van der Waals surface area contributed by atoms with Crippen molar-refractivity contribution in [3.8, 4) is 0 Å². The Balaban J connectivity index is 1.76. The summed E-state index contributed by atoms with van der Waals surface area (Å²) >= 11 is 0. The summed E-state index contributed by atoms with van der Waals surface area (Å²) in [7, 11) is 0. The molecule has 0 aliphatic rings. The molecule has 6 heteroatoms. The van der Waals surface area contributed by atoms with Crippen molar-refractivity contribution in [1.82, 2.24) is 4.98 Å². The molecule has 0 aliphatic heterocycles. The fraction of sp³-hybridized carbons (Fsp3) is 0.250. The number of oxazole rings is 1. The van der Waals surface area contributed by atoms with Crippen molar-refractivity contribution in [2.45, 2.75) is 27.7 Å². The smallest absolute Gasteiger partial charge is 0.255 e. The van der Waals surface area contributed by atoms with Crippen LogP contribution >= 0.6 is 0 Å². The molecule has 1 aromatic heterocycles. The second-order valence-corrected chi connectivity index (χ2v) is 7.15. The lowest BCUT2D eigenvalue weighted by atomic mass is 9.95. The summed E-state index contributed by atoms with van der Waals surface area (Å²) in [5.74, 6) is 0.198. The third kappa shape index (κ3) is 3.91. The van der Waals surface area contributed by atoms with Crippen LogP contribution in [0.2, 0.25) is 0 Å². The van der Waals surface area contributed by atoms with Crippen LogP contribution in [-0.4, -0.2) is 16.8 Å². The first-order valence-corrected chi connectivity index (χ1v) is 8.32. The molecule has 0 unspecified atom stereocenters. The fourth-order valence-electron chi connectivity index (χ4n) is 2.38. The van der Waals surface area contributed by atoms with Crippen molar-refractivity contribution in [3.63, 3.8) is 0 Å². The minimum atomic E-state index is -0.511. The van der Waals surface area contributed by atoms with Crippen LogP contribution in [0.5, 0.6) is 0 Å². The van der Waals surface area contributed by atoms with E-state index in [1.54, 1.807) is 49.4 Å². The number of rotatable bonds is 3. The highest BCUT2D eigenvalue weighted by Crippen LogP contribution is 2.21. The molecule has 0 atom stereocenters. The molecule has 2 N–H and O–H groups in total. The molecule has 1 heterocycles. The van der Waals surface area contributed by atoms with Crippen LogP contribution < -0.4 is 10.6 Å². The van der Waals surface area contributed by atoms with Crippen molar-refractivity contribution in [1.29, 1.82) is 0 Å². The van der Waals surface area contributed by atoms with E-state index in [0.29, 0.717) is 33.9 Å². The fourth-order valence-corrected chi connectivity index (χ4v) is 2.38. The quantitative estimate of drug-likeness (QED) is 0.734. The minimum absolute atomic E-state index is 0.109. The molecule has 0 radical (unpaired) electrons. The van der Waals surface area contributed by atoms with Gasteiger partial charge in [-0.2, -0.15) is 0 Å². The zero-order valence-corrected chi connectivity index (χ0v) is 15.2. The SMILES string of the molecule is Cc1nc2cc(NC(=O)c3cccc(NC(=O)C(C)(C)C)c3)ccc2o1. The molecule has 3 rings (SSSR count). The highest BCUT2D eigenvalue weighted by molar-refractivity contribution is 6.06. The molecule has 26 heavy (non-hydrogen) atoms.